The van der Waals surface area contributed by atoms with Crippen molar-refractivity contribution in [3.63, 3.8) is 0 Å². The van der Waals surface area contributed by atoms with E-state index in [0.29, 0.717) is 5.92 Å². The van der Waals surface area contributed by atoms with Crippen molar-refractivity contribution >= 4 is 17.7 Å². The van der Waals surface area contributed by atoms with Crippen LogP contribution in [0.25, 0.3) is 0 Å². The van der Waals surface area contributed by atoms with Gasteiger partial charge >= 0.3 is 0 Å². The van der Waals surface area contributed by atoms with Gasteiger partial charge in [-0.25, -0.2) is 0 Å². The number of hydrogen-bond acceptors (Lipinski definition) is 3. The largest absolute Gasteiger partial charge is 0.482 e. The molecule has 0 aromatic carbocycles. The summed E-state index contributed by atoms with van der Waals surface area (Å²) in [4.78, 5) is 11.2. The Kier molecular flexibility index (Phi) is 5.46. The van der Waals surface area contributed by atoms with Gasteiger partial charge in [0.05, 0.1) is 5.70 Å². The minimum Gasteiger partial charge on any atom is -0.482 e. The SMILES string of the molecule is CSCC1=C(/C=C/CC(C)C)OCC(=O)N1. The van der Waals surface area contributed by atoms with Gasteiger partial charge in [-0.05, 0) is 24.7 Å². The molecule has 3 nitrogen and oxygen atoms in total. The lowest BCUT2D eigenvalue weighted by Crippen LogP contribution is -2.33. The number of allylic oxidation sites excluding steroid dienone is 2. The van der Waals surface area contributed by atoms with Gasteiger partial charge < -0.3 is 10.1 Å². The fourth-order valence-electron chi connectivity index (χ4n) is 1.34. The molecule has 1 heterocycles. The van der Waals surface area contributed by atoms with Gasteiger partial charge in [0, 0.05) is 5.75 Å². The first-order chi connectivity index (χ1) is 7.63. The second kappa shape index (κ2) is 6.63. The van der Waals surface area contributed by atoms with Crippen molar-refractivity contribution in [2.45, 2.75) is 20.3 Å². The van der Waals surface area contributed by atoms with Crippen molar-refractivity contribution in [2.75, 3.05) is 18.6 Å². The number of hydrogen-bond donors (Lipinski definition) is 1. The number of ether oxygens (including phenoxy) is 1. The molecule has 0 unspecified atom stereocenters. The van der Waals surface area contributed by atoms with Crippen molar-refractivity contribution in [1.29, 1.82) is 0 Å². The predicted octanol–water partition coefficient (Wildman–Crippen LogP) is 2.31. The zero-order valence-corrected chi connectivity index (χ0v) is 10.9. The van der Waals surface area contributed by atoms with E-state index in [1.54, 1.807) is 11.8 Å². The molecule has 0 radical (unpaired) electrons. The van der Waals surface area contributed by atoms with Crippen LogP contribution in [0.3, 0.4) is 0 Å². The van der Waals surface area contributed by atoms with E-state index in [1.165, 1.54) is 0 Å². The first-order valence-corrected chi connectivity index (χ1v) is 6.84. The predicted molar refractivity (Wildman–Crippen MR) is 68.1 cm³/mol. The van der Waals surface area contributed by atoms with E-state index in [9.17, 15) is 4.79 Å². The van der Waals surface area contributed by atoms with Crippen molar-refractivity contribution in [3.8, 4) is 0 Å². The van der Waals surface area contributed by atoms with Crippen LogP contribution in [0.2, 0.25) is 0 Å². The van der Waals surface area contributed by atoms with Crippen molar-refractivity contribution in [3.05, 3.63) is 23.6 Å². The van der Waals surface area contributed by atoms with Gasteiger partial charge in [-0.15, -0.1) is 0 Å². The number of carbonyl (C=O) groups excluding carboxylic acids is 1. The molecule has 0 fully saturated rings. The first kappa shape index (κ1) is 13.2. The van der Waals surface area contributed by atoms with E-state index in [2.05, 4.69) is 25.2 Å². The molecular formula is C12H19NO2S. The molecule has 1 N–H and O–H groups in total. The average molecular weight is 241 g/mol. The third-order valence-electron chi connectivity index (χ3n) is 2.11. The molecular weight excluding hydrogens is 222 g/mol. The second-order valence-corrected chi connectivity index (χ2v) is 5.01. The summed E-state index contributed by atoms with van der Waals surface area (Å²) in [6.07, 6.45) is 7.08. The maximum atomic E-state index is 11.2. The lowest BCUT2D eigenvalue weighted by molar-refractivity contribution is -0.124. The number of nitrogens with one attached hydrogen (secondary N) is 1. The fourth-order valence-corrected chi connectivity index (χ4v) is 1.85. The highest BCUT2D eigenvalue weighted by molar-refractivity contribution is 7.98. The lowest BCUT2D eigenvalue weighted by atomic mass is 10.1. The Morgan fingerprint density at radius 1 is 1.56 bits per heavy atom. The van der Waals surface area contributed by atoms with Crippen LogP contribution in [0.1, 0.15) is 20.3 Å². The van der Waals surface area contributed by atoms with Crippen LogP contribution in [0.4, 0.5) is 0 Å². The average Bonchev–Trinajstić information content (AvgIpc) is 2.21. The Hall–Kier alpha value is -0.900. The van der Waals surface area contributed by atoms with E-state index in [0.717, 1.165) is 23.6 Å². The molecule has 1 amide bonds. The molecule has 0 aromatic rings. The number of thioether (sulfide) groups is 1. The van der Waals surface area contributed by atoms with Crippen LogP contribution in [0.15, 0.2) is 23.6 Å². The number of amides is 1. The van der Waals surface area contributed by atoms with E-state index in [-0.39, 0.29) is 12.5 Å². The van der Waals surface area contributed by atoms with Crippen LogP contribution in [0, 0.1) is 5.92 Å². The molecule has 0 saturated heterocycles. The molecule has 1 aliphatic rings. The molecule has 16 heavy (non-hydrogen) atoms. The van der Waals surface area contributed by atoms with E-state index < -0.39 is 0 Å². The maximum absolute atomic E-state index is 11.2. The summed E-state index contributed by atoms with van der Waals surface area (Å²) in [5.41, 5.74) is 0.878. The summed E-state index contributed by atoms with van der Waals surface area (Å²) < 4.78 is 5.40. The molecule has 4 heteroatoms. The molecule has 1 aliphatic heterocycles. The summed E-state index contributed by atoms with van der Waals surface area (Å²) in [5.74, 6) is 2.14. The summed E-state index contributed by atoms with van der Waals surface area (Å²) >= 11 is 1.67. The smallest absolute Gasteiger partial charge is 0.262 e. The van der Waals surface area contributed by atoms with Gasteiger partial charge in [0.25, 0.3) is 5.91 Å². The van der Waals surface area contributed by atoms with Crippen LogP contribution in [0.5, 0.6) is 0 Å². The minimum atomic E-state index is -0.0648. The zero-order chi connectivity index (χ0) is 12.0. The Labute approximate surface area is 101 Å². The van der Waals surface area contributed by atoms with Gasteiger partial charge in [0.1, 0.15) is 5.76 Å². The van der Waals surface area contributed by atoms with Crippen molar-refractivity contribution in [2.24, 2.45) is 5.92 Å². The summed E-state index contributed by atoms with van der Waals surface area (Å²) in [6.45, 7) is 4.47. The monoisotopic (exact) mass is 241 g/mol. The molecule has 0 atom stereocenters. The highest BCUT2D eigenvalue weighted by atomic mass is 32.2. The van der Waals surface area contributed by atoms with Gasteiger partial charge in [-0.3, -0.25) is 4.79 Å². The van der Waals surface area contributed by atoms with E-state index >= 15 is 0 Å². The Balaban J connectivity index is 2.67. The Morgan fingerprint density at radius 2 is 2.31 bits per heavy atom. The van der Waals surface area contributed by atoms with Crippen molar-refractivity contribution in [1.82, 2.24) is 5.32 Å². The van der Waals surface area contributed by atoms with E-state index in [4.69, 9.17) is 4.74 Å². The molecule has 90 valence electrons. The quantitative estimate of drug-likeness (QED) is 0.802. The van der Waals surface area contributed by atoms with Gasteiger partial charge in [-0.2, -0.15) is 11.8 Å². The second-order valence-electron chi connectivity index (χ2n) is 4.14. The standard InChI is InChI=1S/C12H19NO2S/c1-9(2)5-4-6-11-10(8-16-3)13-12(14)7-15-11/h4,6,9H,5,7-8H2,1-3H3,(H,13,14)/b6-4+. The van der Waals surface area contributed by atoms with Crippen LogP contribution >= 0.6 is 11.8 Å². The fraction of sp³-hybridized carbons (Fsp3) is 0.583. The Morgan fingerprint density at radius 3 is 2.94 bits per heavy atom. The highest BCUT2D eigenvalue weighted by Crippen LogP contribution is 2.15. The van der Waals surface area contributed by atoms with Crippen LogP contribution in [-0.4, -0.2) is 24.5 Å². The molecule has 0 saturated carbocycles. The normalized spacial score (nSPS) is 16.9. The highest BCUT2D eigenvalue weighted by Gasteiger charge is 2.16. The topological polar surface area (TPSA) is 38.3 Å². The third-order valence-corrected chi connectivity index (χ3v) is 2.69. The molecule has 0 aromatic heterocycles. The third kappa shape index (κ3) is 4.31. The summed E-state index contributed by atoms with van der Waals surface area (Å²) in [5, 5.41) is 2.85. The zero-order valence-electron chi connectivity index (χ0n) is 10.1. The van der Waals surface area contributed by atoms with E-state index in [1.807, 2.05) is 12.3 Å². The van der Waals surface area contributed by atoms with Gasteiger partial charge in [0.2, 0.25) is 0 Å². The first-order valence-electron chi connectivity index (χ1n) is 5.44. The Bertz CT molecular complexity index is 308. The van der Waals surface area contributed by atoms with Crippen LogP contribution < -0.4 is 5.32 Å². The van der Waals surface area contributed by atoms with Gasteiger partial charge in [-0.1, -0.05) is 19.9 Å². The number of rotatable bonds is 5. The van der Waals surface area contributed by atoms with Crippen molar-refractivity contribution < 1.29 is 9.53 Å². The summed E-state index contributed by atoms with van der Waals surface area (Å²) in [7, 11) is 0. The molecule has 1 rings (SSSR count). The maximum Gasteiger partial charge on any atom is 0.262 e. The van der Waals surface area contributed by atoms with Gasteiger partial charge in [0.15, 0.2) is 6.61 Å². The number of carbonyl (C=O) groups is 1. The molecule has 0 aliphatic carbocycles. The lowest BCUT2D eigenvalue weighted by Gasteiger charge is -2.19. The molecule has 0 spiro atoms. The minimum absolute atomic E-state index is 0.0648. The molecule has 0 bridgehead atoms. The van der Waals surface area contributed by atoms with Crippen LogP contribution in [-0.2, 0) is 9.53 Å². The summed E-state index contributed by atoms with van der Waals surface area (Å²) in [6, 6.07) is 0.